The van der Waals surface area contributed by atoms with E-state index in [1.807, 2.05) is 0 Å². The van der Waals surface area contributed by atoms with Gasteiger partial charge < -0.3 is 18.9 Å². The lowest BCUT2D eigenvalue weighted by Gasteiger charge is -2.38. The summed E-state index contributed by atoms with van der Waals surface area (Å²) in [5, 5.41) is 0.256. The topological polar surface area (TPSA) is 65.3 Å². The summed E-state index contributed by atoms with van der Waals surface area (Å²) in [5.74, 6) is 1.80. The average Bonchev–Trinajstić information content (AvgIpc) is 2.62. The summed E-state index contributed by atoms with van der Waals surface area (Å²) < 4.78 is 12.9. The van der Waals surface area contributed by atoms with Crippen molar-refractivity contribution in [3.63, 3.8) is 0 Å². The molecule has 4 heterocycles. The molecule has 0 aliphatic carbocycles. The Hall–Kier alpha value is -1.44. The van der Waals surface area contributed by atoms with Gasteiger partial charge in [-0.1, -0.05) is 0 Å². The van der Waals surface area contributed by atoms with E-state index in [1.54, 1.807) is 7.11 Å². The second kappa shape index (κ2) is 5.08. The maximum atomic E-state index is 6.11. The molecule has 21 heavy (non-hydrogen) atoms. The van der Waals surface area contributed by atoms with Crippen LogP contribution in [-0.2, 0) is 22.4 Å². The van der Waals surface area contributed by atoms with Crippen molar-refractivity contribution in [2.75, 3.05) is 38.3 Å². The predicted octanol–water partition coefficient (Wildman–Crippen LogP) is 0.887. The Kier molecular flexibility index (Phi) is 3.20. The normalized spacial score (nSPS) is 19.4. The Morgan fingerprint density at radius 3 is 2.90 bits per heavy atom. The Bertz CT molecular complexity index is 683. The van der Waals surface area contributed by atoms with Gasteiger partial charge in [-0.2, -0.15) is 9.97 Å². The molecule has 0 spiro atoms. The highest BCUT2D eigenvalue weighted by atomic mass is 35.5. The molecule has 2 aromatic heterocycles. The Balaban J connectivity index is 1.80. The van der Waals surface area contributed by atoms with Crippen LogP contribution in [0.25, 0.3) is 11.2 Å². The Morgan fingerprint density at radius 1 is 1.24 bits per heavy atom. The first-order valence-corrected chi connectivity index (χ1v) is 7.42. The summed E-state index contributed by atoms with van der Waals surface area (Å²) in [4.78, 5) is 15.6. The minimum absolute atomic E-state index is 0.252. The lowest BCUT2D eigenvalue weighted by atomic mass is 10.1. The van der Waals surface area contributed by atoms with Gasteiger partial charge in [-0.05, 0) is 11.6 Å². The van der Waals surface area contributed by atoms with E-state index >= 15 is 0 Å². The third kappa shape index (κ3) is 2.16. The zero-order valence-electron chi connectivity index (χ0n) is 11.8. The molecule has 0 atom stereocenters. The molecule has 0 unspecified atom stereocenters. The molecule has 0 amide bonds. The van der Waals surface area contributed by atoms with Gasteiger partial charge in [0.25, 0.3) is 0 Å². The third-order valence-corrected chi connectivity index (χ3v) is 4.21. The van der Waals surface area contributed by atoms with Crippen molar-refractivity contribution in [3.05, 3.63) is 11.1 Å². The monoisotopic (exact) mass is 309 g/mol. The van der Waals surface area contributed by atoms with E-state index in [1.165, 1.54) is 0 Å². The molecule has 0 saturated carbocycles. The molecule has 2 aliphatic heterocycles. The molecular weight excluding hydrogens is 294 g/mol. The lowest BCUT2D eigenvalue weighted by Crippen LogP contribution is -2.52. The number of fused-ring (bicyclic) bond motifs is 3. The fraction of sp³-hybridized carbons (Fsp3) is 0.615. The Morgan fingerprint density at radius 2 is 2.10 bits per heavy atom. The lowest BCUT2D eigenvalue weighted by molar-refractivity contribution is 0.0784. The molecule has 0 radical (unpaired) electrons. The van der Waals surface area contributed by atoms with E-state index in [0.29, 0.717) is 13.2 Å². The van der Waals surface area contributed by atoms with E-state index in [2.05, 4.69) is 19.4 Å². The van der Waals surface area contributed by atoms with Gasteiger partial charge >= 0.3 is 0 Å². The van der Waals surface area contributed by atoms with Crippen molar-refractivity contribution in [2.45, 2.75) is 19.1 Å². The van der Waals surface area contributed by atoms with Crippen LogP contribution < -0.4 is 4.90 Å². The standard InChI is InChI=1S/C13H16ClN5O2/c1-20-8-6-18(7-8)11-10-12(17-13(14)16-11)19-3-5-21-4-2-9(19)15-10/h8H,2-7H2,1H3. The number of ether oxygens (including phenoxy) is 2. The maximum absolute atomic E-state index is 6.11. The van der Waals surface area contributed by atoms with Crippen LogP contribution in [0.15, 0.2) is 0 Å². The van der Waals surface area contributed by atoms with E-state index in [0.717, 1.165) is 48.9 Å². The van der Waals surface area contributed by atoms with Gasteiger partial charge in [0.1, 0.15) is 5.82 Å². The fourth-order valence-electron chi connectivity index (χ4n) is 2.83. The minimum atomic E-state index is 0.252. The van der Waals surface area contributed by atoms with Crippen molar-refractivity contribution in [3.8, 4) is 0 Å². The highest BCUT2D eigenvalue weighted by molar-refractivity contribution is 6.28. The summed E-state index contributed by atoms with van der Waals surface area (Å²) in [5.41, 5.74) is 1.62. The molecule has 2 aromatic rings. The predicted molar refractivity (Wildman–Crippen MR) is 77.9 cm³/mol. The first kappa shape index (κ1) is 13.2. The number of nitrogens with zero attached hydrogens (tertiary/aromatic N) is 5. The largest absolute Gasteiger partial charge is 0.379 e. The first-order chi connectivity index (χ1) is 10.3. The van der Waals surface area contributed by atoms with Crippen molar-refractivity contribution < 1.29 is 9.47 Å². The van der Waals surface area contributed by atoms with Crippen LogP contribution >= 0.6 is 11.6 Å². The number of methoxy groups -OCH3 is 1. The number of hydrogen-bond acceptors (Lipinski definition) is 6. The van der Waals surface area contributed by atoms with Crippen LogP contribution in [-0.4, -0.2) is 59.0 Å². The van der Waals surface area contributed by atoms with E-state index in [4.69, 9.17) is 26.1 Å². The second-order valence-corrected chi connectivity index (χ2v) is 5.63. The minimum Gasteiger partial charge on any atom is -0.379 e. The molecule has 0 N–H and O–H groups in total. The van der Waals surface area contributed by atoms with Crippen LogP contribution in [0.2, 0.25) is 5.28 Å². The summed E-state index contributed by atoms with van der Waals surface area (Å²) in [6, 6.07) is 0. The summed E-state index contributed by atoms with van der Waals surface area (Å²) in [6.45, 7) is 3.73. The molecule has 4 rings (SSSR count). The molecule has 1 saturated heterocycles. The molecule has 112 valence electrons. The summed E-state index contributed by atoms with van der Waals surface area (Å²) >= 11 is 6.11. The summed E-state index contributed by atoms with van der Waals surface area (Å²) in [6.07, 6.45) is 1.04. The zero-order chi connectivity index (χ0) is 14.4. The summed E-state index contributed by atoms with van der Waals surface area (Å²) in [7, 11) is 1.73. The van der Waals surface area contributed by atoms with Crippen molar-refractivity contribution in [2.24, 2.45) is 0 Å². The van der Waals surface area contributed by atoms with E-state index < -0.39 is 0 Å². The highest BCUT2D eigenvalue weighted by Crippen LogP contribution is 2.30. The van der Waals surface area contributed by atoms with Gasteiger partial charge in [0.2, 0.25) is 5.28 Å². The van der Waals surface area contributed by atoms with Gasteiger partial charge in [-0.3, -0.25) is 0 Å². The van der Waals surface area contributed by atoms with E-state index in [9.17, 15) is 0 Å². The third-order valence-electron chi connectivity index (χ3n) is 4.04. The first-order valence-electron chi connectivity index (χ1n) is 7.04. The number of halogens is 1. The molecule has 0 aromatic carbocycles. The smallest absolute Gasteiger partial charge is 0.226 e. The molecule has 8 heteroatoms. The zero-order valence-corrected chi connectivity index (χ0v) is 12.5. The quantitative estimate of drug-likeness (QED) is 0.768. The number of imidazole rings is 1. The van der Waals surface area contributed by atoms with Crippen molar-refractivity contribution >= 4 is 28.6 Å². The highest BCUT2D eigenvalue weighted by Gasteiger charge is 2.31. The molecule has 1 fully saturated rings. The fourth-order valence-corrected chi connectivity index (χ4v) is 2.99. The number of aromatic nitrogens is 4. The number of rotatable bonds is 2. The number of hydrogen-bond donors (Lipinski definition) is 0. The molecule has 0 bridgehead atoms. The van der Waals surface area contributed by atoms with Crippen molar-refractivity contribution in [1.29, 1.82) is 0 Å². The Labute approximate surface area is 126 Å². The maximum Gasteiger partial charge on any atom is 0.226 e. The average molecular weight is 310 g/mol. The molecule has 2 aliphatic rings. The second-order valence-electron chi connectivity index (χ2n) is 5.29. The van der Waals surface area contributed by atoms with Gasteiger partial charge in [0.15, 0.2) is 17.0 Å². The van der Waals surface area contributed by atoms with Crippen LogP contribution in [0, 0.1) is 0 Å². The van der Waals surface area contributed by atoms with Crippen LogP contribution in [0.3, 0.4) is 0 Å². The van der Waals surface area contributed by atoms with Gasteiger partial charge in [-0.25, -0.2) is 4.98 Å². The van der Waals surface area contributed by atoms with Crippen LogP contribution in [0.1, 0.15) is 5.82 Å². The SMILES string of the molecule is COC1CN(c2nc(Cl)nc3c2nc2n3CCOCC2)C1. The van der Waals surface area contributed by atoms with Gasteiger partial charge in [0, 0.05) is 33.2 Å². The van der Waals surface area contributed by atoms with Gasteiger partial charge in [0.05, 0.1) is 19.3 Å². The molecule has 7 nitrogen and oxygen atoms in total. The van der Waals surface area contributed by atoms with Crippen LogP contribution in [0.4, 0.5) is 5.82 Å². The van der Waals surface area contributed by atoms with Crippen LogP contribution in [0.5, 0.6) is 0 Å². The molecular formula is C13H16ClN5O2. The van der Waals surface area contributed by atoms with Gasteiger partial charge in [-0.15, -0.1) is 0 Å². The van der Waals surface area contributed by atoms with Crippen molar-refractivity contribution in [1.82, 2.24) is 19.5 Å². The number of anilines is 1. The van der Waals surface area contributed by atoms with E-state index in [-0.39, 0.29) is 11.4 Å².